The zero-order valence-electron chi connectivity index (χ0n) is 9.27. The van der Waals surface area contributed by atoms with E-state index in [4.69, 9.17) is 5.73 Å². The van der Waals surface area contributed by atoms with Crippen LogP contribution in [0.5, 0.6) is 0 Å². The molecule has 0 radical (unpaired) electrons. The summed E-state index contributed by atoms with van der Waals surface area (Å²) in [5.74, 6) is 0. The van der Waals surface area contributed by atoms with Crippen LogP contribution in [0.25, 0.3) is 0 Å². The van der Waals surface area contributed by atoms with Gasteiger partial charge in [-0.25, -0.2) is 12.7 Å². The summed E-state index contributed by atoms with van der Waals surface area (Å²) >= 11 is 3.22. The number of nitrogens with two attached hydrogens (primary N) is 1. The number of benzene rings is 1. The number of rotatable bonds is 4. The molecule has 0 saturated heterocycles. The molecule has 6 heteroatoms. The molecule has 0 saturated carbocycles. The maximum absolute atomic E-state index is 12.1. The van der Waals surface area contributed by atoms with Gasteiger partial charge in [-0.2, -0.15) is 0 Å². The van der Waals surface area contributed by atoms with Gasteiger partial charge in [0.05, 0.1) is 4.90 Å². The fourth-order valence-electron chi connectivity index (χ4n) is 1.33. The van der Waals surface area contributed by atoms with Crippen molar-refractivity contribution in [1.29, 1.82) is 0 Å². The summed E-state index contributed by atoms with van der Waals surface area (Å²) in [6, 6.07) is 4.69. The lowest BCUT2D eigenvalue weighted by atomic mass is 10.3. The van der Waals surface area contributed by atoms with Gasteiger partial charge in [0.1, 0.15) is 0 Å². The molecule has 16 heavy (non-hydrogen) atoms. The van der Waals surface area contributed by atoms with Crippen molar-refractivity contribution in [3.8, 4) is 0 Å². The first-order valence-corrected chi connectivity index (χ1v) is 7.14. The molecule has 90 valence electrons. The van der Waals surface area contributed by atoms with E-state index in [1.165, 1.54) is 10.4 Å². The molecule has 0 fully saturated rings. The van der Waals surface area contributed by atoms with Crippen molar-refractivity contribution in [2.75, 3.05) is 19.3 Å². The number of nitrogen functional groups attached to an aromatic ring is 1. The molecule has 0 amide bonds. The smallest absolute Gasteiger partial charge is 0.243 e. The molecule has 2 N–H and O–H groups in total. The molecule has 1 aromatic carbocycles. The molecule has 0 aromatic heterocycles. The molecule has 1 rings (SSSR count). The van der Waals surface area contributed by atoms with E-state index in [1.54, 1.807) is 19.2 Å². The summed E-state index contributed by atoms with van der Waals surface area (Å²) in [4.78, 5) is 0.248. The van der Waals surface area contributed by atoms with Crippen LogP contribution >= 0.6 is 15.9 Å². The van der Waals surface area contributed by atoms with E-state index in [-0.39, 0.29) is 4.90 Å². The Balaban J connectivity index is 3.17. The zero-order valence-corrected chi connectivity index (χ0v) is 11.7. The third kappa shape index (κ3) is 2.75. The van der Waals surface area contributed by atoms with Gasteiger partial charge >= 0.3 is 0 Å². The van der Waals surface area contributed by atoms with Gasteiger partial charge in [-0.05, 0) is 40.5 Å². The third-order valence-corrected chi connectivity index (χ3v) is 5.02. The van der Waals surface area contributed by atoms with E-state index < -0.39 is 10.0 Å². The van der Waals surface area contributed by atoms with Crippen LogP contribution in [-0.4, -0.2) is 26.3 Å². The van der Waals surface area contributed by atoms with Gasteiger partial charge in [0.25, 0.3) is 0 Å². The SMILES string of the molecule is CCCN(C)S(=O)(=O)c1ccc(N)cc1Br. The minimum absolute atomic E-state index is 0.248. The highest BCUT2D eigenvalue weighted by Gasteiger charge is 2.22. The molecule has 0 atom stereocenters. The van der Waals surface area contributed by atoms with Gasteiger partial charge in [0, 0.05) is 23.8 Å². The minimum atomic E-state index is -3.42. The molecule has 0 spiro atoms. The molecule has 0 heterocycles. The van der Waals surface area contributed by atoms with E-state index in [0.29, 0.717) is 16.7 Å². The van der Waals surface area contributed by atoms with E-state index in [1.807, 2.05) is 6.92 Å². The van der Waals surface area contributed by atoms with Crippen LogP contribution in [0.1, 0.15) is 13.3 Å². The van der Waals surface area contributed by atoms with Gasteiger partial charge in [0.15, 0.2) is 0 Å². The normalized spacial score (nSPS) is 12.0. The summed E-state index contributed by atoms with van der Waals surface area (Å²) < 4.78 is 26.1. The first-order chi connectivity index (χ1) is 7.39. The van der Waals surface area contributed by atoms with Gasteiger partial charge in [0.2, 0.25) is 10.0 Å². The first-order valence-electron chi connectivity index (χ1n) is 4.91. The third-order valence-electron chi connectivity index (χ3n) is 2.18. The molecule has 0 aliphatic carbocycles. The van der Waals surface area contributed by atoms with Crippen molar-refractivity contribution >= 4 is 31.6 Å². The fourth-order valence-corrected chi connectivity index (χ4v) is 3.64. The molecule has 4 nitrogen and oxygen atoms in total. The van der Waals surface area contributed by atoms with Crippen molar-refractivity contribution in [2.24, 2.45) is 0 Å². The monoisotopic (exact) mass is 306 g/mol. The lowest BCUT2D eigenvalue weighted by Crippen LogP contribution is -2.27. The van der Waals surface area contributed by atoms with Crippen molar-refractivity contribution < 1.29 is 8.42 Å². The minimum Gasteiger partial charge on any atom is -0.399 e. The number of hydrogen-bond donors (Lipinski definition) is 1. The largest absolute Gasteiger partial charge is 0.399 e. The van der Waals surface area contributed by atoms with Crippen LogP contribution in [0.3, 0.4) is 0 Å². The molecule has 0 aliphatic heterocycles. The van der Waals surface area contributed by atoms with E-state index in [9.17, 15) is 8.42 Å². The maximum atomic E-state index is 12.1. The van der Waals surface area contributed by atoms with E-state index >= 15 is 0 Å². The van der Waals surface area contributed by atoms with Crippen molar-refractivity contribution in [3.05, 3.63) is 22.7 Å². The maximum Gasteiger partial charge on any atom is 0.243 e. The van der Waals surface area contributed by atoms with Crippen LogP contribution in [0.15, 0.2) is 27.6 Å². The van der Waals surface area contributed by atoms with Crippen LogP contribution in [-0.2, 0) is 10.0 Å². The summed E-state index contributed by atoms with van der Waals surface area (Å²) in [6.45, 7) is 2.43. The summed E-state index contributed by atoms with van der Waals surface area (Å²) in [5.41, 5.74) is 6.10. The Morgan fingerprint density at radius 3 is 2.56 bits per heavy atom. The van der Waals surface area contributed by atoms with Crippen LogP contribution < -0.4 is 5.73 Å². The van der Waals surface area contributed by atoms with Crippen LogP contribution in [0.2, 0.25) is 0 Å². The Morgan fingerprint density at radius 1 is 1.44 bits per heavy atom. The highest BCUT2D eigenvalue weighted by atomic mass is 79.9. The highest BCUT2D eigenvalue weighted by molar-refractivity contribution is 9.10. The highest BCUT2D eigenvalue weighted by Crippen LogP contribution is 2.26. The Kier molecular flexibility index (Phi) is 4.35. The number of anilines is 1. The predicted molar refractivity (Wildman–Crippen MR) is 68.7 cm³/mol. The number of nitrogens with zero attached hydrogens (tertiary/aromatic N) is 1. The van der Waals surface area contributed by atoms with Crippen molar-refractivity contribution in [2.45, 2.75) is 18.2 Å². The number of sulfonamides is 1. The standard InChI is InChI=1S/C10H15BrN2O2S/c1-3-6-13(2)16(14,15)10-5-4-8(12)7-9(10)11/h4-5,7H,3,6,12H2,1-2H3. The Hall–Kier alpha value is -0.590. The molecule has 0 bridgehead atoms. The molecule has 0 unspecified atom stereocenters. The average molecular weight is 307 g/mol. The second kappa shape index (κ2) is 5.16. The molecular formula is C10H15BrN2O2S. The zero-order chi connectivity index (χ0) is 12.3. The molecule has 0 aliphatic rings. The predicted octanol–water partition coefficient (Wildman–Crippen LogP) is 2.06. The van der Waals surface area contributed by atoms with Crippen molar-refractivity contribution in [1.82, 2.24) is 4.31 Å². The van der Waals surface area contributed by atoms with Gasteiger partial charge in [-0.15, -0.1) is 0 Å². The number of halogens is 1. The second-order valence-electron chi connectivity index (χ2n) is 3.52. The average Bonchev–Trinajstić information content (AvgIpc) is 2.17. The summed E-state index contributed by atoms with van der Waals surface area (Å²) in [5, 5.41) is 0. The van der Waals surface area contributed by atoms with Gasteiger partial charge in [-0.3, -0.25) is 0 Å². The van der Waals surface area contributed by atoms with E-state index in [0.717, 1.165) is 6.42 Å². The quantitative estimate of drug-likeness (QED) is 0.866. The Bertz CT molecular complexity index is 474. The molecule has 1 aromatic rings. The van der Waals surface area contributed by atoms with Gasteiger partial charge in [-0.1, -0.05) is 6.92 Å². The first kappa shape index (κ1) is 13.5. The van der Waals surface area contributed by atoms with Crippen molar-refractivity contribution in [3.63, 3.8) is 0 Å². The topological polar surface area (TPSA) is 63.4 Å². The lowest BCUT2D eigenvalue weighted by molar-refractivity contribution is 0.468. The Morgan fingerprint density at radius 2 is 2.06 bits per heavy atom. The summed E-state index contributed by atoms with van der Waals surface area (Å²) in [7, 11) is -1.85. The van der Waals surface area contributed by atoms with Crippen LogP contribution in [0.4, 0.5) is 5.69 Å². The fraction of sp³-hybridized carbons (Fsp3) is 0.400. The van der Waals surface area contributed by atoms with Gasteiger partial charge < -0.3 is 5.73 Å². The number of hydrogen-bond acceptors (Lipinski definition) is 3. The summed E-state index contributed by atoms with van der Waals surface area (Å²) in [6.07, 6.45) is 0.780. The Labute approximate surface area is 105 Å². The second-order valence-corrected chi connectivity index (χ2v) is 6.38. The molecular weight excluding hydrogens is 292 g/mol. The lowest BCUT2D eigenvalue weighted by Gasteiger charge is -2.17. The van der Waals surface area contributed by atoms with E-state index in [2.05, 4.69) is 15.9 Å². The van der Waals surface area contributed by atoms with Crippen LogP contribution in [0, 0.1) is 0 Å².